The number of rotatable bonds is 4. The lowest BCUT2D eigenvalue weighted by Gasteiger charge is -2.41. The van der Waals surface area contributed by atoms with Crippen LogP contribution in [0.5, 0.6) is 0 Å². The summed E-state index contributed by atoms with van der Waals surface area (Å²) >= 11 is 0. The third kappa shape index (κ3) is 2.77. The highest BCUT2D eigenvalue weighted by molar-refractivity contribution is 7.53. The Balaban J connectivity index is 6.71. The van der Waals surface area contributed by atoms with Gasteiger partial charge in [0.05, 0.1) is 0 Å². The predicted octanol–water partition coefficient (Wildman–Crippen LogP) is 3.86. The summed E-state index contributed by atoms with van der Waals surface area (Å²) in [4.78, 5) is 15.8. The van der Waals surface area contributed by atoms with Crippen molar-refractivity contribution in [2.75, 3.05) is 0 Å². The van der Waals surface area contributed by atoms with Crippen molar-refractivity contribution in [3.05, 3.63) is 0 Å². The SMILES string of the molecule is O=P(O)(O)C(F)(C(F)(F)F)C(F)(F)C(F)(F)C(F)(F)C(F)(F)F. The molecule has 0 fully saturated rings. The predicted molar refractivity (Wildman–Crippen MR) is 42.8 cm³/mol. The summed E-state index contributed by atoms with van der Waals surface area (Å²) in [5.74, 6) is -24.4. The maximum absolute atomic E-state index is 13.2. The van der Waals surface area contributed by atoms with Gasteiger partial charge in [-0.25, -0.2) is 4.39 Å². The highest BCUT2D eigenvalue weighted by atomic mass is 31.2. The molecule has 3 nitrogen and oxygen atoms in total. The zero-order chi connectivity index (χ0) is 19.5. The minimum Gasteiger partial charge on any atom is -0.322 e. The van der Waals surface area contributed by atoms with Crippen LogP contribution in [0.3, 0.4) is 0 Å². The van der Waals surface area contributed by atoms with E-state index >= 15 is 0 Å². The van der Waals surface area contributed by atoms with Crippen LogP contribution in [-0.2, 0) is 4.57 Å². The first-order valence-electron chi connectivity index (χ1n) is 4.51. The normalized spacial score (nSPS) is 18.7. The molecule has 0 saturated carbocycles. The zero-order valence-electron chi connectivity index (χ0n) is 9.66. The van der Waals surface area contributed by atoms with Crippen LogP contribution in [0.15, 0.2) is 0 Å². The van der Waals surface area contributed by atoms with Gasteiger partial charge in [-0.1, -0.05) is 0 Å². The summed E-state index contributed by atoms with van der Waals surface area (Å²) in [7, 11) is -8.07. The molecule has 0 amide bonds. The lowest BCUT2D eigenvalue weighted by Crippen LogP contribution is -2.70. The van der Waals surface area contributed by atoms with Crippen LogP contribution in [0.4, 0.5) is 57.1 Å². The number of hydrogen-bond donors (Lipinski definition) is 2. The maximum Gasteiger partial charge on any atom is 0.460 e. The standard InChI is InChI=1S/C6H2F13O3P/c7-1(8,3(11,12)5(14,15)16)2(9,10)4(13,6(17,18)19)23(20,21)22/h(H2,20,21,22). The van der Waals surface area contributed by atoms with Crippen LogP contribution in [0.2, 0.25) is 0 Å². The Hall–Kier alpha value is -0.760. The van der Waals surface area contributed by atoms with Crippen molar-refractivity contribution in [2.45, 2.75) is 35.5 Å². The van der Waals surface area contributed by atoms with E-state index in [0.717, 1.165) is 0 Å². The molecule has 0 radical (unpaired) electrons. The van der Waals surface area contributed by atoms with Crippen molar-refractivity contribution in [1.29, 1.82) is 0 Å². The number of alkyl halides is 13. The summed E-state index contributed by atoms with van der Waals surface area (Å²) in [6.07, 6.45) is -15.2. The smallest absolute Gasteiger partial charge is 0.322 e. The van der Waals surface area contributed by atoms with E-state index in [0.29, 0.717) is 0 Å². The molecule has 1 unspecified atom stereocenters. The Morgan fingerprint density at radius 1 is 0.522 bits per heavy atom. The van der Waals surface area contributed by atoms with E-state index < -0.39 is 43.1 Å². The van der Waals surface area contributed by atoms with Gasteiger partial charge in [-0.05, 0) is 0 Å². The highest BCUT2D eigenvalue weighted by Gasteiger charge is 2.94. The van der Waals surface area contributed by atoms with Gasteiger partial charge >= 0.3 is 43.1 Å². The molecule has 17 heteroatoms. The molecule has 0 heterocycles. The van der Waals surface area contributed by atoms with Gasteiger partial charge in [-0.2, -0.15) is 52.7 Å². The Labute approximate surface area is 116 Å². The van der Waals surface area contributed by atoms with Crippen molar-refractivity contribution in [3.8, 4) is 0 Å². The van der Waals surface area contributed by atoms with Crippen molar-refractivity contribution in [3.63, 3.8) is 0 Å². The topological polar surface area (TPSA) is 57.5 Å². The molecule has 140 valence electrons. The molecule has 23 heavy (non-hydrogen) atoms. The van der Waals surface area contributed by atoms with E-state index in [1.807, 2.05) is 0 Å². The van der Waals surface area contributed by atoms with E-state index in [1.54, 1.807) is 0 Å². The van der Waals surface area contributed by atoms with Crippen molar-refractivity contribution in [1.82, 2.24) is 0 Å². The molecule has 0 aromatic carbocycles. The maximum atomic E-state index is 13.2. The molecule has 0 aromatic heterocycles. The number of hydrogen-bond acceptors (Lipinski definition) is 1. The van der Waals surface area contributed by atoms with Gasteiger partial charge in [-0.15, -0.1) is 0 Å². The van der Waals surface area contributed by atoms with Crippen LogP contribution >= 0.6 is 7.60 Å². The minimum absolute atomic E-state index is 7.60. The van der Waals surface area contributed by atoms with E-state index in [9.17, 15) is 61.6 Å². The quantitative estimate of drug-likeness (QED) is 0.557. The molecular weight excluding hydrogens is 398 g/mol. The fraction of sp³-hybridized carbons (Fsp3) is 1.00. The van der Waals surface area contributed by atoms with E-state index in [-0.39, 0.29) is 0 Å². The van der Waals surface area contributed by atoms with Gasteiger partial charge in [-0.3, -0.25) is 4.57 Å². The molecule has 0 aliphatic carbocycles. The van der Waals surface area contributed by atoms with Crippen molar-refractivity contribution in [2.24, 2.45) is 0 Å². The van der Waals surface area contributed by atoms with Crippen LogP contribution < -0.4 is 0 Å². The summed E-state index contributed by atoms with van der Waals surface area (Å²) in [6, 6.07) is 0. The fourth-order valence-electron chi connectivity index (χ4n) is 1.11. The zero-order valence-corrected chi connectivity index (χ0v) is 10.6. The summed E-state index contributed by atoms with van der Waals surface area (Å²) in [5, 5.41) is -7.72. The molecular formula is C6H2F13O3P. The summed E-state index contributed by atoms with van der Waals surface area (Å²) in [6.45, 7) is 0. The second-order valence-electron chi connectivity index (χ2n) is 3.88. The first-order chi connectivity index (χ1) is 9.50. The summed E-state index contributed by atoms with van der Waals surface area (Å²) in [5.41, 5.74) is 0. The average molecular weight is 400 g/mol. The molecule has 0 aliphatic rings. The third-order valence-corrected chi connectivity index (χ3v) is 3.67. The van der Waals surface area contributed by atoms with Crippen LogP contribution in [0, 0.1) is 0 Å². The van der Waals surface area contributed by atoms with E-state index in [2.05, 4.69) is 0 Å². The molecule has 0 aromatic rings. The van der Waals surface area contributed by atoms with Gasteiger partial charge in [0.2, 0.25) is 0 Å². The van der Waals surface area contributed by atoms with Crippen LogP contribution in [-0.4, -0.2) is 45.3 Å². The molecule has 0 rings (SSSR count). The van der Waals surface area contributed by atoms with Gasteiger partial charge < -0.3 is 9.79 Å². The summed E-state index contributed by atoms with van der Waals surface area (Å²) < 4.78 is 171. The van der Waals surface area contributed by atoms with Crippen molar-refractivity contribution >= 4 is 7.60 Å². The molecule has 2 N–H and O–H groups in total. The first-order valence-corrected chi connectivity index (χ1v) is 6.13. The Morgan fingerprint density at radius 3 is 1.00 bits per heavy atom. The van der Waals surface area contributed by atoms with Gasteiger partial charge in [0.15, 0.2) is 0 Å². The average Bonchev–Trinajstić information content (AvgIpc) is 2.22. The van der Waals surface area contributed by atoms with Gasteiger partial charge in [0, 0.05) is 0 Å². The van der Waals surface area contributed by atoms with E-state index in [1.165, 1.54) is 0 Å². The second kappa shape index (κ2) is 5.12. The fourth-order valence-corrected chi connectivity index (χ4v) is 1.95. The van der Waals surface area contributed by atoms with Crippen molar-refractivity contribution < 1.29 is 71.4 Å². The Kier molecular flexibility index (Phi) is 4.95. The second-order valence-corrected chi connectivity index (χ2v) is 5.59. The Morgan fingerprint density at radius 2 is 0.826 bits per heavy atom. The number of halogens is 13. The van der Waals surface area contributed by atoms with E-state index in [4.69, 9.17) is 9.79 Å². The van der Waals surface area contributed by atoms with Gasteiger partial charge in [0.25, 0.3) is 0 Å². The lowest BCUT2D eigenvalue weighted by molar-refractivity contribution is -0.421. The molecule has 0 saturated heterocycles. The molecule has 0 spiro atoms. The monoisotopic (exact) mass is 400 g/mol. The minimum atomic E-state index is -8.20. The Bertz CT molecular complexity index is 501. The van der Waals surface area contributed by atoms with Crippen LogP contribution in [0.1, 0.15) is 0 Å². The lowest BCUT2D eigenvalue weighted by atomic mass is 9.99. The molecule has 0 aliphatic heterocycles. The third-order valence-electron chi connectivity index (χ3n) is 2.34. The molecule has 1 atom stereocenters. The largest absolute Gasteiger partial charge is 0.460 e. The van der Waals surface area contributed by atoms with Crippen LogP contribution in [0.25, 0.3) is 0 Å². The first kappa shape index (κ1) is 22.2. The molecule has 0 bridgehead atoms. The van der Waals surface area contributed by atoms with Gasteiger partial charge in [0.1, 0.15) is 0 Å². The highest BCUT2D eigenvalue weighted by Crippen LogP contribution is 2.70.